The van der Waals surface area contributed by atoms with Gasteiger partial charge in [-0.05, 0) is 37.5 Å². The van der Waals surface area contributed by atoms with Crippen LogP contribution in [0.5, 0.6) is 5.75 Å². The molecule has 2 saturated heterocycles. The highest BCUT2D eigenvalue weighted by Crippen LogP contribution is 2.28. The van der Waals surface area contributed by atoms with E-state index in [1.54, 1.807) is 0 Å². The van der Waals surface area contributed by atoms with Gasteiger partial charge in [-0.1, -0.05) is 0 Å². The van der Waals surface area contributed by atoms with E-state index < -0.39 is 28.2 Å². The molecule has 0 aromatic heterocycles. The third-order valence-electron chi connectivity index (χ3n) is 4.24. The predicted octanol–water partition coefficient (Wildman–Crippen LogP) is 1.94. The standard InChI is InChI=1S/C14H17F3N2O3S/c15-12-7-11(3-4-13(12)22-14(16)17)23(20,21)19-6-5-9-1-2-10(8-19)18-9/h3-4,7,9-10,14,18H,1-2,5-6,8H2. The minimum absolute atomic E-state index is 0.101. The maximum atomic E-state index is 13.8. The normalized spacial score (nSPS) is 25.6. The van der Waals surface area contributed by atoms with Gasteiger partial charge in [0.1, 0.15) is 0 Å². The lowest BCUT2D eigenvalue weighted by Gasteiger charge is -2.23. The number of hydrogen-bond acceptors (Lipinski definition) is 4. The number of hydrogen-bond donors (Lipinski definition) is 1. The molecule has 1 aromatic carbocycles. The smallest absolute Gasteiger partial charge is 0.387 e. The van der Waals surface area contributed by atoms with Gasteiger partial charge >= 0.3 is 6.61 Å². The summed E-state index contributed by atoms with van der Waals surface area (Å²) in [7, 11) is -3.87. The minimum atomic E-state index is -3.87. The summed E-state index contributed by atoms with van der Waals surface area (Å²) in [5.74, 6) is -1.80. The first-order chi connectivity index (χ1) is 10.9. The van der Waals surface area contributed by atoms with Crippen LogP contribution in [0.1, 0.15) is 19.3 Å². The first-order valence-corrected chi connectivity index (χ1v) is 8.81. The Morgan fingerprint density at radius 3 is 2.65 bits per heavy atom. The number of nitrogens with one attached hydrogen (secondary N) is 1. The zero-order valence-electron chi connectivity index (χ0n) is 12.2. The van der Waals surface area contributed by atoms with Gasteiger partial charge in [0, 0.05) is 25.2 Å². The second-order valence-electron chi connectivity index (χ2n) is 5.76. The van der Waals surface area contributed by atoms with E-state index in [4.69, 9.17) is 0 Å². The first-order valence-electron chi connectivity index (χ1n) is 7.37. The van der Waals surface area contributed by atoms with Gasteiger partial charge in [-0.15, -0.1) is 0 Å². The lowest BCUT2D eigenvalue weighted by Crippen LogP contribution is -2.39. The molecule has 9 heteroatoms. The van der Waals surface area contributed by atoms with Gasteiger partial charge in [0.25, 0.3) is 0 Å². The number of alkyl halides is 2. The third kappa shape index (κ3) is 3.46. The summed E-state index contributed by atoms with van der Waals surface area (Å²) in [6.45, 7) is -2.48. The van der Waals surface area contributed by atoms with Gasteiger partial charge in [0.2, 0.25) is 10.0 Å². The highest BCUT2D eigenvalue weighted by Gasteiger charge is 2.35. The fourth-order valence-electron chi connectivity index (χ4n) is 3.11. The number of nitrogens with zero attached hydrogens (tertiary/aromatic N) is 1. The molecule has 2 heterocycles. The van der Waals surface area contributed by atoms with Crippen molar-refractivity contribution in [3.05, 3.63) is 24.0 Å². The van der Waals surface area contributed by atoms with Gasteiger partial charge in [0.15, 0.2) is 11.6 Å². The van der Waals surface area contributed by atoms with E-state index >= 15 is 0 Å². The fourth-order valence-corrected chi connectivity index (χ4v) is 4.62. The maximum Gasteiger partial charge on any atom is 0.387 e. The van der Waals surface area contributed by atoms with Crippen LogP contribution in [-0.2, 0) is 10.0 Å². The summed E-state index contributed by atoms with van der Waals surface area (Å²) in [6.07, 6.45) is 2.64. The molecule has 3 rings (SSSR count). The number of rotatable bonds is 4. The molecule has 2 atom stereocenters. The van der Waals surface area contributed by atoms with Crippen LogP contribution in [-0.4, -0.2) is 44.5 Å². The van der Waals surface area contributed by atoms with Crippen LogP contribution in [0.2, 0.25) is 0 Å². The van der Waals surface area contributed by atoms with Crippen molar-refractivity contribution in [1.29, 1.82) is 0 Å². The lowest BCUT2D eigenvalue weighted by molar-refractivity contribution is -0.0522. The lowest BCUT2D eigenvalue weighted by atomic mass is 10.1. The van der Waals surface area contributed by atoms with Crippen LogP contribution in [0.25, 0.3) is 0 Å². The minimum Gasteiger partial charge on any atom is -0.432 e. The van der Waals surface area contributed by atoms with Crippen molar-refractivity contribution in [2.75, 3.05) is 13.1 Å². The van der Waals surface area contributed by atoms with Crippen molar-refractivity contribution in [3.8, 4) is 5.75 Å². The van der Waals surface area contributed by atoms with Crippen molar-refractivity contribution in [2.24, 2.45) is 0 Å². The summed E-state index contributed by atoms with van der Waals surface area (Å²) in [5.41, 5.74) is 0. The zero-order valence-corrected chi connectivity index (χ0v) is 13.0. The Balaban J connectivity index is 1.83. The van der Waals surface area contributed by atoms with E-state index in [0.29, 0.717) is 25.6 Å². The van der Waals surface area contributed by atoms with Gasteiger partial charge in [-0.3, -0.25) is 0 Å². The molecule has 2 unspecified atom stereocenters. The molecule has 1 N–H and O–H groups in total. The average Bonchev–Trinajstić information content (AvgIpc) is 2.79. The van der Waals surface area contributed by atoms with E-state index in [1.165, 1.54) is 4.31 Å². The summed E-state index contributed by atoms with van der Waals surface area (Å²) in [5, 5.41) is 3.36. The Morgan fingerprint density at radius 1 is 1.22 bits per heavy atom. The Labute approximate surface area is 132 Å². The van der Waals surface area contributed by atoms with Crippen LogP contribution in [0, 0.1) is 5.82 Å². The molecule has 23 heavy (non-hydrogen) atoms. The number of benzene rings is 1. The Bertz CT molecular complexity index is 684. The largest absolute Gasteiger partial charge is 0.432 e. The second kappa shape index (κ2) is 6.29. The highest BCUT2D eigenvalue weighted by molar-refractivity contribution is 7.89. The Morgan fingerprint density at radius 2 is 1.96 bits per heavy atom. The molecule has 5 nitrogen and oxygen atoms in total. The molecular weight excluding hydrogens is 333 g/mol. The Kier molecular flexibility index (Phi) is 4.52. The van der Waals surface area contributed by atoms with Gasteiger partial charge < -0.3 is 10.1 Å². The zero-order chi connectivity index (χ0) is 16.6. The molecule has 2 bridgehead atoms. The predicted molar refractivity (Wildman–Crippen MR) is 76.4 cm³/mol. The monoisotopic (exact) mass is 350 g/mol. The molecule has 2 aliphatic rings. The highest BCUT2D eigenvalue weighted by atomic mass is 32.2. The third-order valence-corrected chi connectivity index (χ3v) is 6.10. The quantitative estimate of drug-likeness (QED) is 0.902. The van der Waals surface area contributed by atoms with Crippen molar-refractivity contribution < 1.29 is 26.3 Å². The van der Waals surface area contributed by atoms with Crippen molar-refractivity contribution in [2.45, 2.75) is 42.9 Å². The van der Waals surface area contributed by atoms with Crippen molar-refractivity contribution >= 4 is 10.0 Å². The summed E-state index contributed by atoms with van der Waals surface area (Å²) >= 11 is 0. The van der Waals surface area contributed by atoms with Crippen LogP contribution in [0.15, 0.2) is 23.1 Å². The van der Waals surface area contributed by atoms with Crippen LogP contribution >= 0.6 is 0 Å². The topological polar surface area (TPSA) is 58.6 Å². The van der Waals surface area contributed by atoms with Gasteiger partial charge in [-0.25, -0.2) is 12.8 Å². The van der Waals surface area contributed by atoms with Crippen LogP contribution in [0.3, 0.4) is 0 Å². The van der Waals surface area contributed by atoms with E-state index in [0.717, 1.165) is 31.0 Å². The maximum absolute atomic E-state index is 13.8. The number of ether oxygens (including phenoxy) is 1. The van der Waals surface area contributed by atoms with E-state index in [1.807, 2.05) is 0 Å². The van der Waals surface area contributed by atoms with E-state index in [9.17, 15) is 21.6 Å². The number of sulfonamides is 1. The molecule has 2 aliphatic heterocycles. The van der Waals surface area contributed by atoms with E-state index in [-0.39, 0.29) is 10.9 Å². The SMILES string of the molecule is O=S(=O)(c1ccc(OC(F)F)c(F)c1)N1CCC2CCC(C1)N2. The van der Waals surface area contributed by atoms with Crippen LogP contribution < -0.4 is 10.1 Å². The Hall–Kier alpha value is -1.32. The molecule has 2 fully saturated rings. The number of fused-ring (bicyclic) bond motifs is 2. The first kappa shape index (κ1) is 16.5. The van der Waals surface area contributed by atoms with Crippen LogP contribution in [0.4, 0.5) is 13.2 Å². The molecule has 1 aromatic rings. The molecule has 0 amide bonds. The van der Waals surface area contributed by atoms with E-state index in [2.05, 4.69) is 10.1 Å². The molecule has 0 spiro atoms. The fraction of sp³-hybridized carbons (Fsp3) is 0.571. The summed E-state index contributed by atoms with van der Waals surface area (Å²) in [4.78, 5) is -0.255. The van der Waals surface area contributed by atoms with Crippen molar-refractivity contribution in [3.63, 3.8) is 0 Å². The molecular formula is C14H17F3N2O3S. The summed E-state index contributed by atoms with van der Waals surface area (Å²) < 4.78 is 68.7. The van der Waals surface area contributed by atoms with Gasteiger partial charge in [-0.2, -0.15) is 13.1 Å². The molecule has 0 saturated carbocycles. The summed E-state index contributed by atoms with van der Waals surface area (Å²) in [6, 6.07) is 3.15. The van der Waals surface area contributed by atoms with Crippen molar-refractivity contribution in [1.82, 2.24) is 9.62 Å². The molecule has 0 aliphatic carbocycles. The average molecular weight is 350 g/mol. The second-order valence-corrected chi connectivity index (χ2v) is 7.70. The molecule has 128 valence electrons. The van der Waals surface area contributed by atoms with Gasteiger partial charge in [0.05, 0.1) is 4.90 Å². The number of halogens is 3. The molecule has 0 radical (unpaired) electrons.